The van der Waals surface area contributed by atoms with Crippen molar-refractivity contribution in [3.63, 3.8) is 0 Å². The summed E-state index contributed by atoms with van der Waals surface area (Å²) in [6.45, 7) is 2.91. The van der Waals surface area contributed by atoms with Crippen molar-refractivity contribution in [3.05, 3.63) is 53.6 Å². The van der Waals surface area contributed by atoms with Crippen molar-refractivity contribution in [1.29, 1.82) is 0 Å². The van der Waals surface area contributed by atoms with Gasteiger partial charge >= 0.3 is 0 Å². The third-order valence-corrected chi connectivity index (χ3v) is 7.97. The lowest BCUT2D eigenvalue weighted by molar-refractivity contribution is 0.552. The Labute approximate surface area is 176 Å². The topological polar surface area (TPSA) is 71.1 Å². The maximum Gasteiger partial charge on any atom is 0.240 e. The predicted molar refractivity (Wildman–Crippen MR) is 120 cm³/mol. The molecule has 1 aliphatic carbocycles. The van der Waals surface area contributed by atoms with Gasteiger partial charge in [-0.25, -0.2) is 18.1 Å². The number of hydrogen-bond acceptors (Lipinski definition) is 5. The molecule has 2 aromatic carbocycles. The highest BCUT2D eigenvalue weighted by atomic mass is 32.2. The van der Waals surface area contributed by atoms with E-state index >= 15 is 0 Å². The smallest absolute Gasteiger partial charge is 0.240 e. The lowest BCUT2D eigenvalue weighted by Gasteiger charge is -2.13. The molecule has 1 fully saturated rings. The van der Waals surface area contributed by atoms with Gasteiger partial charge in [0, 0.05) is 12.6 Å². The average Bonchev–Trinajstić information content (AvgIpc) is 3.36. The van der Waals surface area contributed by atoms with E-state index < -0.39 is 10.0 Å². The maximum absolute atomic E-state index is 12.5. The Kier molecular flexibility index (Phi) is 6.18. The first-order valence-corrected chi connectivity index (χ1v) is 12.6. The standard InChI is InChI=1S/C22H27N3O2S2/c1-2-16-9-12-20-21(15-16)28-22(24-20)23-14-13-17-7-10-19(11-8-17)29(26,27)25-18-5-3-4-6-18/h7-12,15,18,25H,2-6,13-14H2,1H3,(H,23,24). The lowest BCUT2D eigenvalue weighted by Crippen LogP contribution is -2.32. The SMILES string of the molecule is CCc1ccc2nc(NCCc3ccc(S(=O)(=O)NC4CCCC4)cc3)sc2c1. The second kappa shape index (κ2) is 8.81. The number of hydrogen-bond donors (Lipinski definition) is 2. The highest BCUT2D eigenvalue weighted by Gasteiger charge is 2.22. The van der Waals surface area contributed by atoms with Crippen LogP contribution in [0, 0.1) is 0 Å². The fourth-order valence-electron chi connectivity index (χ4n) is 3.74. The van der Waals surface area contributed by atoms with E-state index in [4.69, 9.17) is 0 Å². The first-order chi connectivity index (χ1) is 14.0. The summed E-state index contributed by atoms with van der Waals surface area (Å²) < 4.78 is 29.0. The summed E-state index contributed by atoms with van der Waals surface area (Å²) in [6.07, 6.45) is 5.93. The van der Waals surface area contributed by atoms with E-state index in [0.717, 1.165) is 61.3 Å². The molecule has 0 saturated heterocycles. The van der Waals surface area contributed by atoms with Crippen molar-refractivity contribution < 1.29 is 8.42 Å². The highest BCUT2D eigenvalue weighted by Crippen LogP contribution is 2.27. The Bertz CT molecular complexity index is 1070. The molecule has 29 heavy (non-hydrogen) atoms. The van der Waals surface area contributed by atoms with Crippen LogP contribution >= 0.6 is 11.3 Å². The number of fused-ring (bicyclic) bond motifs is 1. The van der Waals surface area contributed by atoms with Gasteiger partial charge in [-0.3, -0.25) is 0 Å². The molecular formula is C22H27N3O2S2. The van der Waals surface area contributed by atoms with Crippen molar-refractivity contribution in [1.82, 2.24) is 9.71 Å². The van der Waals surface area contributed by atoms with Crippen LogP contribution in [-0.4, -0.2) is 26.0 Å². The molecule has 0 radical (unpaired) electrons. The fraction of sp³-hybridized carbons (Fsp3) is 0.409. The highest BCUT2D eigenvalue weighted by molar-refractivity contribution is 7.89. The summed E-state index contributed by atoms with van der Waals surface area (Å²) in [7, 11) is -3.42. The largest absolute Gasteiger partial charge is 0.361 e. The second-order valence-electron chi connectivity index (χ2n) is 7.60. The Balaban J connectivity index is 1.33. The monoisotopic (exact) mass is 429 g/mol. The van der Waals surface area contributed by atoms with Crippen LogP contribution in [0.4, 0.5) is 5.13 Å². The molecule has 1 aromatic heterocycles. The van der Waals surface area contributed by atoms with Crippen LogP contribution in [0.1, 0.15) is 43.7 Å². The molecule has 0 unspecified atom stereocenters. The normalized spacial score (nSPS) is 15.2. The van der Waals surface area contributed by atoms with Gasteiger partial charge in [-0.2, -0.15) is 0 Å². The van der Waals surface area contributed by atoms with Crippen LogP contribution in [0.25, 0.3) is 10.2 Å². The Morgan fingerprint density at radius 1 is 1.07 bits per heavy atom. The molecule has 2 N–H and O–H groups in total. The zero-order valence-corrected chi connectivity index (χ0v) is 18.3. The molecule has 1 saturated carbocycles. The minimum atomic E-state index is -3.42. The Hall–Kier alpha value is -1.96. The molecule has 0 amide bonds. The molecule has 4 rings (SSSR count). The van der Waals surface area contributed by atoms with Gasteiger partial charge in [-0.15, -0.1) is 0 Å². The van der Waals surface area contributed by atoms with Gasteiger partial charge < -0.3 is 5.32 Å². The lowest BCUT2D eigenvalue weighted by atomic mass is 10.1. The number of nitrogens with zero attached hydrogens (tertiary/aromatic N) is 1. The number of rotatable bonds is 8. The predicted octanol–water partition coefficient (Wildman–Crippen LogP) is 4.73. The fourth-order valence-corrected chi connectivity index (χ4v) is 6.00. The number of thiazole rings is 1. The zero-order valence-electron chi connectivity index (χ0n) is 16.6. The van der Waals surface area contributed by atoms with Crippen LogP contribution in [0.3, 0.4) is 0 Å². The molecule has 0 bridgehead atoms. The van der Waals surface area contributed by atoms with Gasteiger partial charge in [0.05, 0.1) is 15.1 Å². The molecule has 7 heteroatoms. The van der Waals surface area contributed by atoms with Crippen LogP contribution in [0.5, 0.6) is 0 Å². The summed E-state index contributed by atoms with van der Waals surface area (Å²) in [4.78, 5) is 4.98. The minimum Gasteiger partial charge on any atom is -0.361 e. The molecular weight excluding hydrogens is 402 g/mol. The van der Waals surface area contributed by atoms with E-state index in [-0.39, 0.29) is 6.04 Å². The Morgan fingerprint density at radius 3 is 2.52 bits per heavy atom. The third-order valence-electron chi connectivity index (χ3n) is 5.46. The van der Waals surface area contributed by atoms with Gasteiger partial charge in [0.25, 0.3) is 0 Å². The maximum atomic E-state index is 12.5. The van der Waals surface area contributed by atoms with Gasteiger partial charge in [0.15, 0.2) is 5.13 Å². The van der Waals surface area contributed by atoms with Gasteiger partial charge in [0.2, 0.25) is 10.0 Å². The van der Waals surface area contributed by atoms with E-state index in [9.17, 15) is 8.42 Å². The van der Waals surface area contributed by atoms with Crippen LogP contribution in [0.2, 0.25) is 0 Å². The number of sulfonamides is 1. The van der Waals surface area contributed by atoms with Crippen molar-refractivity contribution in [2.24, 2.45) is 0 Å². The number of benzene rings is 2. The number of anilines is 1. The first kappa shape index (κ1) is 20.3. The third kappa shape index (κ3) is 4.97. The quantitative estimate of drug-likeness (QED) is 0.543. The van der Waals surface area contributed by atoms with Gasteiger partial charge in [0.1, 0.15) is 0 Å². The minimum absolute atomic E-state index is 0.0890. The number of aryl methyl sites for hydroxylation is 1. The van der Waals surface area contributed by atoms with E-state index in [1.807, 2.05) is 12.1 Å². The van der Waals surface area contributed by atoms with Crippen LogP contribution < -0.4 is 10.0 Å². The molecule has 1 heterocycles. The van der Waals surface area contributed by atoms with Gasteiger partial charge in [-0.1, -0.05) is 49.3 Å². The van der Waals surface area contributed by atoms with Crippen molar-refractivity contribution in [2.45, 2.75) is 56.4 Å². The molecule has 5 nitrogen and oxygen atoms in total. The van der Waals surface area contributed by atoms with E-state index in [2.05, 4.69) is 40.1 Å². The number of aromatic nitrogens is 1. The summed E-state index contributed by atoms with van der Waals surface area (Å²) in [5.74, 6) is 0. The summed E-state index contributed by atoms with van der Waals surface area (Å²) in [5, 5.41) is 4.31. The zero-order chi connectivity index (χ0) is 20.3. The first-order valence-electron chi connectivity index (χ1n) is 10.3. The molecule has 0 atom stereocenters. The molecule has 1 aliphatic rings. The molecule has 0 aliphatic heterocycles. The number of nitrogens with one attached hydrogen (secondary N) is 2. The van der Waals surface area contributed by atoms with Crippen LogP contribution in [-0.2, 0) is 22.9 Å². The van der Waals surface area contributed by atoms with E-state index in [1.165, 1.54) is 10.3 Å². The van der Waals surface area contributed by atoms with Crippen molar-refractivity contribution in [3.8, 4) is 0 Å². The van der Waals surface area contributed by atoms with E-state index in [0.29, 0.717) is 4.90 Å². The summed E-state index contributed by atoms with van der Waals surface area (Å²) in [5.41, 5.74) is 3.45. The van der Waals surface area contributed by atoms with Crippen molar-refractivity contribution >= 4 is 36.7 Å². The average molecular weight is 430 g/mol. The Morgan fingerprint density at radius 2 is 1.79 bits per heavy atom. The van der Waals surface area contributed by atoms with Crippen LogP contribution in [0.15, 0.2) is 47.4 Å². The van der Waals surface area contributed by atoms with Gasteiger partial charge in [-0.05, 0) is 61.1 Å². The second-order valence-corrected chi connectivity index (χ2v) is 10.3. The molecule has 0 spiro atoms. The molecule has 154 valence electrons. The van der Waals surface area contributed by atoms with E-state index in [1.54, 1.807) is 23.5 Å². The van der Waals surface area contributed by atoms with Crippen molar-refractivity contribution in [2.75, 3.05) is 11.9 Å². The summed E-state index contributed by atoms with van der Waals surface area (Å²) in [6, 6.07) is 13.7. The molecule has 3 aromatic rings. The summed E-state index contributed by atoms with van der Waals surface area (Å²) >= 11 is 1.67.